The molecule has 0 radical (unpaired) electrons. The van der Waals surface area contributed by atoms with Crippen molar-refractivity contribution in [2.45, 2.75) is 32.1 Å². The molecular weight excluding hydrogens is 424 g/mol. The SMILES string of the molecule is C=C[C@@H](COCC1CCN(S(C)(=O)=O)CC1)CC1CCN(c2ncc(Cl)cn2)CC1. The summed E-state index contributed by atoms with van der Waals surface area (Å²) < 4.78 is 30.8. The molecule has 2 fully saturated rings. The standard InChI is InChI=1S/C21H33ClN4O3S/c1-3-17(15-29-16-19-6-10-26(11-7-19)30(2,27)28)12-18-4-8-25(9-5-18)21-23-13-20(22)14-24-21/h3,13-14,17-19H,1,4-12,15-16H2,2H3/t17-/m1/s1. The zero-order valence-corrected chi connectivity index (χ0v) is 19.3. The van der Waals surface area contributed by atoms with Gasteiger partial charge in [-0.25, -0.2) is 22.7 Å². The van der Waals surface area contributed by atoms with Gasteiger partial charge in [-0.15, -0.1) is 6.58 Å². The van der Waals surface area contributed by atoms with Gasteiger partial charge in [-0.3, -0.25) is 0 Å². The van der Waals surface area contributed by atoms with Crippen molar-refractivity contribution in [3.05, 3.63) is 30.1 Å². The van der Waals surface area contributed by atoms with Crippen LogP contribution in [0, 0.1) is 17.8 Å². The highest BCUT2D eigenvalue weighted by Gasteiger charge is 2.26. The molecule has 0 amide bonds. The van der Waals surface area contributed by atoms with Gasteiger partial charge in [-0.05, 0) is 43.9 Å². The maximum absolute atomic E-state index is 11.6. The van der Waals surface area contributed by atoms with Gasteiger partial charge in [0.05, 0.1) is 30.3 Å². The van der Waals surface area contributed by atoms with E-state index in [9.17, 15) is 8.42 Å². The van der Waals surface area contributed by atoms with Crippen LogP contribution in [0.25, 0.3) is 0 Å². The average molecular weight is 457 g/mol. The molecule has 0 bridgehead atoms. The van der Waals surface area contributed by atoms with E-state index in [1.54, 1.807) is 16.7 Å². The average Bonchev–Trinajstić information content (AvgIpc) is 2.74. The number of hydrogen-bond donors (Lipinski definition) is 0. The first-order chi connectivity index (χ1) is 14.3. The second-order valence-electron chi connectivity index (χ2n) is 8.51. The number of nitrogens with zero attached hydrogens (tertiary/aromatic N) is 4. The molecule has 0 N–H and O–H groups in total. The summed E-state index contributed by atoms with van der Waals surface area (Å²) in [6.45, 7) is 8.52. The van der Waals surface area contributed by atoms with Crippen LogP contribution in [0.2, 0.25) is 5.02 Å². The van der Waals surface area contributed by atoms with Gasteiger partial charge in [0.1, 0.15) is 0 Å². The largest absolute Gasteiger partial charge is 0.381 e. The molecule has 1 atom stereocenters. The summed E-state index contributed by atoms with van der Waals surface area (Å²) in [7, 11) is -3.07. The maximum Gasteiger partial charge on any atom is 0.225 e. The van der Waals surface area contributed by atoms with Crippen molar-refractivity contribution in [1.82, 2.24) is 14.3 Å². The summed E-state index contributed by atoms with van der Waals surface area (Å²) in [5, 5.41) is 0.559. The number of piperidine rings is 2. The molecule has 0 spiro atoms. The van der Waals surface area contributed by atoms with Gasteiger partial charge >= 0.3 is 0 Å². The molecule has 2 aliphatic heterocycles. The first-order valence-corrected chi connectivity index (χ1v) is 13.0. The summed E-state index contributed by atoms with van der Waals surface area (Å²) in [5.74, 6) is 2.20. The van der Waals surface area contributed by atoms with Crippen LogP contribution in [0.15, 0.2) is 25.0 Å². The lowest BCUT2D eigenvalue weighted by molar-refractivity contribution is 0.0595. The molecule has 3 rings (SSSR count). The third-order valence-electron chi connectivity index (χ3n) is 6.20. The fourth-order valence-corrected chi connectivity index (χ4v) is 5.26. The van der Waals surface area contributed by atoms with Crippen LogP contribution in [0.1, 0.15) is 32.1 Å². The van der Waals surface area contributed by atoms with Crippen molar-refractivity contribution in [3.8, 4) is 0 Å². The third-order valence-corrected chi connectivity index (χ3v) is 7.70. The Morgan fingerprint density at radius 1 is 1.17 bits per heavy atom. The number of halogens is 1. The quantitative estimate of drug-likeness (QED) is 0.531. The summed E-state index contributed by atoms with van der Waals surface area (Å²) in [6.07, 6.45) is 11.6. The second-order valence-corrected chi connectivity index (χ2v) is 10.9. The monoisotopic (exact) mass is 456 g/mol. The summed E-state index contributed by atoms with van der Waals surface area (Å²) >= 11 is 5.87. The highest BCUT2D eigenvalue weighted by atomic mass is 35.5. The summed E-state index contributed by atoms with van der Waals surface area (Å²) in [5.41, 5.74) is 0. The van der Waals surface area contributed by atoms with E-state index >= 15 is 0 Å². The predicted octanol–water partition coefficient (Wildman–Crippen LogP) is 3.23. The van der Waals surface area contributed by atoms with Gasteiger partial charge in [0.2, 0.25) is 16.0 Å². The molecule has 9 heteroatoms. The lowest BCUT2D eigenvalue weighted by atomic mass is 9.87. The van der Waals surface area contributed by atoms with Crippen LogP contribution in [0.5, 0.6) is 0 Å². The van der Waals surface area contributed by atoms with Crippen molar-refractivity contribution in [3.63, 3.8) is 0 Å². The van der Waals surface area contributed by atoms with Gasteiger partial charge in [-0.2, -0.15) is 0 Å². The summed E-state index contributed by atoms with van der Waals surface area (Å²) in [4.78, 5) is 10.9. The minimum atomic E-state index is -3.07. The zero-order chi connectivity index (χ0) is 21.6. The van der Waals surface area contributed by atoms with Gasteiger partial charge in [0.25, 0.3) is 0 Å². The predicted molar refractivity (Wildman–Crippen MR) is 120 cm³/mol. The Kier molecular flexibility index (Phi) is 8.51. The zero-order valence-electron chi connectivity index (χ0n) is 17.7. The molecule has 168 valence electrons. The molecule has 1 aromatic heterocycles. The van der Waals surface area contributed by atoms with Crippen LogP contribution in [-0.4, -0.2) is 68.3 Å². The van der Waals surface area contributed by atoms with E-state index in [0.29, 0.717) is 49.1 Å². The van der Waals surface area contributed by atoms with Crippen molar-refractivity contribution >= 4 is 27.6 Å². The van der Waals surface area contributed by atoms with Crippen LogP contribution in [0.4, 0.5) is 5.95 Å². The first kappa shape index (κ1) is 23.4. The van der Waals surface area contributed by atoms with E-state index < -0.39 is 10.0 Å². The Morgan fingerprint density at radius 2 is 1.77 bits per heavy atom. The lowest BCUT2D eigenvalue weighted by Crippen LogP contribution is -2.38. The second kappa shape index (κ2) is 10.9. The van der Waals surface area contributed by atoms with Crippen molar-refractivity contribution in [2.75, 3.05) is 50.5 Å². The molecule has 7 nitrogen and oxygen atoms in total. The number of hydrogen-bond acceptors (Lipinski definition) is 6. The first-order valence-electron chi connectivity index (χ1n) is 10.7. The fourth-order valence-electron chi connectivity index (χ4n) is 4.29. The van der Waals surface area contributed by atoms with E-state index in [0.717, 1.165) is 51.1 Å². The number of aromatic nitrogens is 2. The van der Waals surface area contributed by atoms with E-state index in [2.05, 4.69) is 21.4 Å². The van der Waals surface area contributed by atoms with Gasteiger partial charge in [0.15, 0.2) is 0 Å². The van der Waals surface area contributed by atoms with Gasteiger partial charge in [-0.1, -0.05) is 17.7 Å². The van der Waals surface area contributed by atoms with Crippen LogP contribution < -0.4 is 4.90 Å². The molecule has 0 aromatic carbocycles. The fraction of sp³-hybridized carbons (Fsp3) is 0.714. The van der Waals surface area contributed by atoms with E-state index in [-0.39, 0.29) is 0 Å². The van der Waals surface area contributed by atoms with Crippen LogP contribution in [0.3, 0.4) is 0 Å². The van der Waals surface area contributed by atoms with Crippen molar-refractivity contribution in [1.29, 1.82) is 0 Å². The van der Waals surface area contributed by atoms with Gasteiger partial charge < -0.3 is 9.64 Å². The number of rotatable bonds is 9. The van der Waals surface area contributed by atoms with E-state index in [4.69, 9.17) is 16.3 Å². The smallest absolute Gasteiger partial charge is 0.225 e. The molecule has 2 saturated heterocycles. The Hall–Kier alpha value is -1.22. The Bertz CT molecular complexity index is 774. The lowest BCUT2D eigenvalue weighted by Gasteiger charge is -2.33. The third kappa shape index (κ3) is 6.90. The number of sulfonamides is 1. The number of anilines is 1. The molecule has 30 heavy (non-hydrogen) atoms. The Labute approximate surface area is 185 Å². The highest BCUT2D eigenvalue weighted by molar-refractivity contribution is 7.88. The minimum Gasteiger partial charge on any atom is -0.381 e. The maximum atomic E-state index is 11.6. The molecular formula is C21H33ClN4O3S. The minimum absolute atomic E-state index is 0.351. The summed E-state index contributed by atoms with van der Waals surface area (Å²) in [6, 6.07) is 0. The molecule has 0 saturated carbocycles. The van der Waals surface area contributed by atoms with Crippen LogP contribution >= 0.6 is 11.6 Å². The highest BCUT2D eigenvalue weighted by Crippen LogP contribution is 2.27. The molecule has 0 unspecified atom stereocenters. The topological polar surface area (TPSA) is 75.6 Å². The van der Waals surface area contributed by atoms with Crippen molar-refractivity contribution in [2.24, 2.45) is 17.8 Å². The Balaban J connectivity index is 1.34. The normalized spacial score (nSPS) is 20.9. The van der Waals surface area contributed by atoms with Gasteiger partial charge in [0, 0.05) is 38.7 Å². The molecule has 0 aliphatic carbocycles. The molecule has 2 aliphatic rings. The van der Waals surface area contributed by atoms with E-state index in [1.165, 1.54) is 6.26 Å². The molecule has 3 heterocycles. The molecule has 1 aromatic rings. The van der Waals surface area contributed by atoms with E-state index in [1.807, 2.05) is 6.08 Å². The Morgan fingerprint density at radius 3 is 2.33 bits per heavy atom. The van der Waals surface area contributed by atoms with Crippen molar-refractivity contribution < 1.29 is 13.2 Å². The van der Waals surface area contributed by atoms with Crippen LogP contribution in [-0.2, 0) is 14.8 Å². The number of ether oxygens (including phenoxy) is 1.